The van der Waals surface area contributed by atoms with Gasteiger partial charge >= 0.3 is 0 Å². The predicted octanol–water partition coefficient (Wildman–Crippen LogP) is 5.73. The molecule has 4 aromatic rings. The van der Waals surface area contributed by atoms with Gasteiger partial charge in [0.2, 0.25) is 0 Å². The van der Waals surface area contributed by atoms with Gasteiger partial charge in [-0.25, -0.2) is 0 Å². The molecule has 0 radical (unpaired) electrons. The highest BCUT2D eigenvalue weighted by atomic mass is 35.5. The van der Waals surface area contributed by atoms with Crippen molar-refractivity contribution >= 4 is 23.2 Å². The van der Waals surface area contributed by atoms with Crippen molar-refractivity contribution < 1.29 is 20.4 Å². The highest BCUT2D eigenvalue weighted by molar-refractivity contribution is 6.30. The lowest BCUT2D eigenvalue weighted by molar-refractivity contribution is 0.0172. The second kappa shape index (κ2) is 16.0. The Hall–Kier alpha value is -2.78. The van der Waals surface area contributed by atoms with Crippen LogP contribution in [0.5, 0.6) is 0 Å². The molecule has 8 heteroatoms. The van der Waals surface area contributed by atoms with E-state index < -0.39 is 24.4 Å². The molecular formula is C36H42Cl2N2O4. The van der Waals surface area contributed by atoms with Crippen LogP contribution >= 0.6 is 23.2 Å². The average Bonchev–Trinajstić information content (AvgIpc) is 3.02. The molecule has 0 aliphatic carbocycles. The number of aliphatic hydroxyl groups is 4. The molecule has 44 heavy (non-hydrogen) atoms. The zero-order chi connectivity index (χ0) is 31.7. The van der Waals surface area contributed by atoms with Gasteiger partial charge in [-0.05, 0) is 84.3 Å². The van der Waals surface area contributed by atoms with Crippen LogP contribution in [-0.4, -0.2) is 52.2 Å². The first-order valence-electron chi connectivity index (χ1n) is 14.9. The van der Waals surface area contributed by atoms with E-state index in [0.29, 0.717) is 34.3 Å². The number of hydrogen-bond donors (Lipinski definition) is 6. The zero-order valence-electron chi connectivity index (χ0n) is 25.1. The molecular weight excluding hydrogens is 595 g/mol. The summed E-state index contributed by atoms with van der Waals surface area (Å²) < 4.78 is 0. The molecule has 6 nitrogen and oxygen atoms in total. The van der Waals surface area contributed by atoms with E-state index in [1.807, 2.05) is 72.8 Å². The minimum absolute atomic E-state index is 0.107. The van der Waals surface area contributed by atoms with Crippen LogP contribution in [0.4, 0.5) is 0 Å². The maximum absolute atomic E-state index is 11.5. The first-order chi connectivity index (χ1) is 21.1. The van der Waals surface area contributed by atoms with Gasteiger partial charge < -0.3 is 31.1 Å². The summed E-state index contributed by atoms with van der Waals surface area (Å²) in [5.74, 6) is 0. The van der Waals surface area contributed by atoms with E-state index in [4.69, 9.17) is 23.2 Å². The quantitative estimate of drug-likeness (QED) is 0.0996. The summed E-state index contributed by atoms with van der Waals surface area (Å²) in [5.41, 5.74) is 3.37. The Kier molecular flexibility index (Phi) is 12.4. The molecule has 4 unspecified atom stereocenters. The Bertz CT molecular complexity index is 1360. The van der Waals surface area contributed by atoms with Crippen LogP contribution in [0.3, 0.4) is 0 Å². The molecule has 0 aliphatic heterocycles. The Labute approximate surface area is 270 Å². The zero-order valence-corrected chi connectivity index (χ0v) is 26.6. The minimum atomic E-state index is -1.53. The predicted molar refractivity (Wildman–Crippen MR) is 178 cm³/mol. The van der Waals surface area contributed by atoms with Crippen molar-refractivity contribution in [1.82, 2.24) is 10.6 Å². The molecule has 0 aliphatic rings. The van der Waals surface area contributed by atoms with Crippen molar-refractivity contribution in [1.29, 1.82) is 0 Å². The lowest BCUT2D eigenvalue weighted by Gasteiger charge is -2.28. The fraction of sp³-hybridized carbons (Fsp3) is 0.333. The first kappa shape index (κ1) is 34.1. The first-order valence-corrected chi connectivity index (χ1v) is 15.7. The Morgan fingerprint density at radius 3 is 1.36 bits per heavy atom. The van der Waals surface area contributed by atoms with Crippen molar-refractivity contribution in [2.45, 2.75) is 56.6 Å². The SMILES string of the molecule is CC(Cc1ccc(C(O)(CO)c2ccc(CC(C)NCC(O)c3cccc(Cl)c3)cc2)cc1)NCC(O)c1cccc(Cl)c1. The van der Waals surface area contributed by atoms with Crippen LogP contribution in [0, 0.1) is 0 Å². The standard InChI is InChI=1S/C36H42Cl2N2O4/c1-24(39-21-34(42)28-5-3-7-32(37)19-28)17-26-9-13-30(14-10-26)36(44,23-41)31-15-11-27(12-16-31)18-25(2)40-22-35(43)29-6-4-8-33(38)20-29/h3-16,19-20,24-25,34-35,39-44H,17-18,21-23H2,1-2H3. The van der Waals surface area contributed by atoms with Crippen LogP contribution in [0.25, 0.3) is 0 Å². The molecule has 234 valence electrons. The highest BCUT2D eigenvalue weighted by Crippen LogP contribution is 2.30. The summed E-state index contributed by atoms with van der Waals surface area (Å²) >= 11 is 12.1. The lowest BCUT2D eigenvalue weighted by atomic mass is 9.85. The van der Waals surface area contributed by atoms with Crippen LogP contribution in [0.2, 0.25) is 10.0 Å². The summed E-state index contributed by atoms with van der Waals surface area (Å²) in [6.07, 6.45) is 0.155. The van der Waals surface area contributed by atoms with Gasteiger partial charge in [0.25, 0.3) is 0 Å². The molecule has 0 amide bonds. The van der Waals surface area contributed by atoms with Gasteiger partial charge in [-0.1, -0.05) is 96.0 Å². The Morgan fingerprint density at radius 1 is 0.636 bits per heavy atom. The molecule has 0 aromatic heterocycles. The molecule has 0 saturated carbocycles. The van der Waals surface area contributed by atoms with Gasteiger partial charge in [-0.15, -0.1) is 0 Å². The van der Waals surface area contributed by atoms with Crippen molar-refractivity contribution in [2.24, 2.45) is 0 Å². The summed E-state index contributed by atoms with van der Waals surface area (Å²) in [6.45, 7) is 4.47. The van der Waals surface area contributed by atoms with E-state index in [1.54, 1.807) is 24.3 Å². The highest BCUT2D eigenvalue weighted by Gasteiger charge is 2.31. The molecule has 4 atom stereocenters. The molecule has 0 bridgehead atoms. The summed E-state index contributed by atoms with van der Waals surface area (Å²) in [7, 11) is 0. The lowest BCUT2D eigenvalue weighted by Crippen LogP contribution is -2.33. The molecule has 0 saturated heterocycles. The van der Waals surface area contributed by atoms with Gasteiger partial charge in [0.15, 0.2) is 0 Å². The van der Waals surface area contributed by atoms with Crippen molar-refractivity contribution in [3.63, 3.8) is 0 Å². The summed E-state index contributed by atoms with van der Waals surface area (Å²) in [6, 6.07) is 29.9. The van der Waals surface area contributed by atoms with Gasteiger partial charge in [0.1, 0.15) is 5.60 Å². The van der Waals surface area contributed by atoms with Crippen LogP contribution in [0.15, 0.2) is 97.1 Å². The third-order valence-electron chi connectivity index (χ3n) is 7.96. The van der Waals surface area contributed by atoms with Gasteiger partial charge in [-0.2, -0.15) is 0 Å². The van der Waals surface area contributed by atoms with E-state index in [0.717, 1.165) is 35.1 Å². The number of hydrogen-bond acceptors (Lipinski definition) is 6. The second-order valence-electron chi connectivity index (χ2n) is 11.6. The fourth-order valence-electron chi connectivity index (χ4n) is 5.32. The molecule has 4 rings (SSSR count). The number of aliphatic hydroxyl groups excluding tert-OH is 3. The Morgan fingerprint density at radius 2 is 1.02 bits per heavy atom. The molecule has 6 N–H and O–H groups in total. The monoisotopic (exact) mass is 636 g/mol. The van der Waals surface area contributed by atoms with Crippen LogP contribution < -0.4 is 10.6 Å². The maximum atomic E-state index is 11.5. The van der Waals surface area contributed by atoms with E-state index in [-0.39, 0.29) is 12.1 Å². The second-order valence-corrected chi connectivity index (χ2v) is 12.5. The summed E-state index contributed by atoms with van der Waals surface area (Å²) in [5, 5.41) is 50.7. The van der Waals surface area contributed by atoms with E-state index in [9.17, 15) is 20.4 Å². The van der Waals surface area contributed by atoms with Gasteiger partial charge in [0, 0.05) is 35.2 Å². The number of benzene rings is 4. The van der Waals surface area contributed by atoms with Crippen LogP contribution in [0.1, 0.15) is 59.4 Å². The number of halogens is 2. The number of rotatable bonds is 15. The third-order valence-corrected chi connectivity index (χ3v) is 8.43. The number of nitrogens with one attached hydrogen (secondary N) is 2. The summed E-state index contributed by atoms with van der Waals surface area (Å²) in [4.78, 5) is 0. The van der Waals surface area contributed by atoms with E-state index >= 15 is 0 Å². The smallest absolute Gasteiger partial charge is 0.138 e. The minimum Gasteiger partial charge on any atom is -0.393 e. The Balaban J connectivity index is 1.30. The van der Waals surface area contributed by atoms with Crippen molar-refractivity contribution in [2.75, 3.05) is 19.7 Å². The molecule has 0 heterocycles. The largest absolute Gasteiger partial charge is 0.393 e. The van der Waals surface area contributed by atoms with Crippen molar-refractivity contribution in [3.05, 3.63) is 140 Å². The van der Waals surface area contributed by atoms with E-state index in [2.05, 4.69) is 24.5 Å². The normalized spacial score (nSPS) is 15.7. The molecule has 4 aromatic carbocycles. The molecule has 0 fully saturated rings. The van der Waals surface area contributed by atoms with Gasteiger partial charge in [0.05, 0.1) is 18.8 Å². The van der Waals surface area contributed by atoms with Crippen LogP contribution in [-0.2, 0) is 18.4 Å². The topological polar surface area (TPSA) is 105 Å². The van der Waals surface area contributed by atoms with Gasteiger partial charge in [-0.3, -0.25) is 0 Å². The maximum Gasteiger partial charge on any atom is 0.138 e. The molecule has 0 spiro atoms. The average molecular weight is 638 g/mol. The fourth-order valence-corrected chi connectivity index (χ4v) is 5.72. The third kappa shape index (κ3) is 9.36. The van der Waals surface area contributed by atoms with E-state index in [1.165, 1.54) is 0 Å². The van der Waals surface area contributed by atoms with Crippen molar-refractivity contribution in [3.8, 4) is 0 Å².